The zero-order valence-corrected chi connectivity index (χ0v) is 18.1. The van der Waals surface area contributed by atoms with E-state index in [4.69, 9.17) is 4.74 Å². The number of rotatable bonds is 7. The highest BCUT2D eigenvalue weighted by molar-refractivity contribution is 14.0. The van der Waals surface area contributed by atoms with Crippen molar-refractivity contribution in [2.45, 2.75) is 46.3 Å². The lowest BCUT2D eigenvalue weighted by atomic mass is 10.1. The second kappa shape index (κ2) is 11.9. The molecular weight excluding hydrogens is 431 g/mol. The summed E-state index contributed by atoms with van der Waals surface area (Å²) in [6, 6.07) is 9.68. The lowest BCUT2D eigenvalue weighted by molar-refractivity contribution is -0.121. The number of halogens is 1. The first-order valence-electron chi connectivity index (χ1n) is 8.35. The van der Waals surface area contributed by atoms with Gasteiger partial charge in [-0.05, 0) is 46.8 Å². The van der Waals surface area contributed by atoms with Gasteiger partial charge in [0.25, 0.3) is 0 Å². The molecule has 0 aliphatic rings. The van der Waals surface area contributed by atoms with Crippen molar-refractivity contribution < 1.29 is 9.53 Å². The highest BCUT2D eigenvalue weighted by Crippen LogP contribution is 2.10. The lowest BCUT2D eigenvalue weighted by Gasteiger charge is -2.20. The van der Waals surface area contributed by atoms with Crippen molar-refractivity contribution in [2.75, 3.05) is 19.6 Å². The van der Waals surface area contributed by atoms with Crippen molar-refractivity contribution >= 4 is 35.8 Å². The van der Waals surface area contributed by atoms with Crippen molar-refractivity contribution in [3.63, 3.8) is 0 Å². The maximum Gasteiger partial charge on any atom is 0.242 e. The van der Waals surface area contributed by atoms with Crippen molar-refractivity contribution in [1.82, 2.24) is 16.0 Å². The zero-order valence-electron chi connectivity index (χ0n) is 15.8. The maximum atomic E-state index is 11.8. The van der Waals surface area contributed by atoms with E-state index in [9.17, 15) is 4.79 Å². The first-order valence-corrected chi connectivity index (χ1v) is 8.35. The van der Waals surface area contributed by atoms with Gasteiger partial charge >= 0.3 is 0 Å². The van der Waals surface area contributed by atoms with Gasteiger partial charge < -0.3 is 20.7 Å². The van der Waals surface area contributed by atoms with Crippen LogP contribution in [0.5, 0.6) is 5.75 Å². The molecule has 0 heterocycles. The number of nitrogens with zero attached hydrogens (tertiary/aromatic N) is 1. The van der Waals surface area contributed by atoms with Crippen LogP contribution in [0, 0.1) is 0 Å². The highest BCUT2D eigenvalue weighted by atomic mass is 127. The van der Waals surface area contributed by atoms with Crippen LogP contribution in [0.2, 0.25) is 0 Å². The normalized spacial score (nSPS) is 12.6. The SMILES string of the molecule is CCNC(=NCC(=O)NC(C)(C)C)NCC(C)Oc1ccccc1.I. The van der Waals surface area contributed by atoms with Gasteiger partial charge in [-0.1, -0.05) is 18.2 Å². The molecule has 1 aromatic carbocycles. The summed E-state index contributed by atoms with van der Waals surface area (Å²) in [4.78, 5) is 16.2. The number of aliphatic imine (C=N–C) groups is 1. The lowest BCUT2D eigenvalue weighted by Crippen LogP contribution is -2.44. The van der Waals surface area contributed by atoms with E-state index < -0.39 is 0 Å². The van der Waals surface area contributed by atoms with Gasteiger partial charge in [-0.15, -0.1) is 24.0 Å². The standard InChI is InChI=1S/C18H30N4O2.HI/c1-6-19-17(21-13-16(23)22-18(3,4)5)20-12-14(2)24-15-10-8-7-9-11-15;/h7-11,14H,6,12-13H2,1-5H3,(H,22,23)(H2,19,20,21);1H. The van der Waals surface area contributed by atoms with Crippen LogP contribution in [0.3, 0.4) is 0 Å². The van der Waals surface area contributed by atoms with Crippen LogP contribution in [0.15, 0.2) is 35.3 Å². The summed E-state index contributed by atoms with van der Waals surface area (Å²) in [5, 5.41) is 9.20. The molecule has 3 N–H and O–H groups in total. The average Bonchev–Trinajstić information content (AvgIpc) is 2.49. The Hall–Kier alpha value is -1.51. The first-order chi connectivity index (χ1) is 11.3. The van der Waals surface area contributed by atoms with E-state index in [0.717, 1.165) is 12.3 Å². The zero-order chi connectivity index (χ0) is 18.0. The van der Waals surface area contributed by atoms with E-state index in [1.54, 1.807) is 0 Å². The minimum atomic E-state index is -0.254. The van der Waals surface area contributed by atoms with Crippen LogP contribution in [-0.2, 0) is 4.79 Å². The van der Waals surface area contributed by atoms with Gasteiger partial charge in [0.05, 0.1) is 6.54 Å². The Morgan fingerprint density at radius 1 is 1.20 bits per heavy atom. The maximum absolute atomic E-state index is 11.8. The molecule has 25 heavy (non-hydrogen) atoms. The van der Waals surface area contributed by atoms with Crippen LogP contribution in [-0.4, -0.2) is 43.1 Å². The van der Waals surface area contributed by atoms with Crippen molar-refractivity contribution in [2.24, 2.45) is 4.99 Å². The smallest absolute Gasteiger partial charge is 0.242 e. The van der Waals surface area contributed by atoms with Crippen molar-refractivity contribution in [3.8, 4) is 5.75 Å². The van der Waals surface area contributed by atoms with Gasteiger partial charge in [-0.2, -0.15) is 0 Å². The predicted molar refractivity (Wildman–Crippen MR) is 114 cm³/mol. The summed E-state index contributed by atoms with van der Waals surface area (Å²) in [7, 11) is 0. The third-order valence-corrected chi connectivity index (χ3v) is 2.88. The predicted octanol–water partition coefficient (Wildman–Crippen LogP) is 2.54. The Balaban J connectivity index is 0.00000576. The average molecular weight is 462 g/mol. The Bertz CT molecular complexity index is 530. The minimum absolute atomic E-state index is 0. The molecule has 7 heteroatoms. The molecule has 1 unspecified atom stereocenters. The molecular formula is C18H31IN4O2. The first kappa shape index (κ1) is 23.5. The molecule has 142 valence electrons. The summed E-state index contributed by atoms with van der Waals surface area (Å²) in [5.41, 5.74) is -0.254. The summed E-state index contributed by atoms with van der Waals surface area (Å²) in [5.74, 6) is 1.33. The molecule has 0 spiro atoms. The number of benzene rings is 1. The molecule has 0 fully saturated rings. The number of nitrogens with one attached hydrogen (secondary N) is 3. The van der Waals surface area contributed by atoms with Gasteiger partial charge in [0.15, 0.2) is 5.96 Å². The fourth-order valence-corrected chi connectivity index (χ4v) is 1.96. The molecule has 0 aliphatic carbocycles. The van der Waals surface area contributed by atoms with E-state index in [0.29, 0.717) is 12.5 Å². The molecule has 1 aromatic rings. The van der Waals surface area contributed by atoms with Gasteiger partial charge in [-0.3, -0.25) is 4.79 Å². The van der Waals surface area contributed by atoms with Crippen LogP contribution in [0.25, 0.3) is 0 Å². The Labute approximate surface area is 168 Å². The monoisotopic (exact) mass is 462 g/mol. The molecule has 6 nitrogen and oxygen atoms in total. The third-order valence-electron chi connectivity index (χ3n) is 2.88. The van der Waals surface area contributed by atoms with Crippen molar-refractivity contribution in [3.05, 3.63) is 30.3 Å². The van der Waals surface area contributed by atoms with E-state index in [1.807, 2.05) is 65.0 Å². The minimum Gasteiger partial charge on any atom is -0.489 e. The van der Waals surface area contributed by atoms with Crippen LogP contribution >= 0.6 is 24.0 Å². The number of carbonyl (C=O) groups excluding carboxylic acids is 1. The van der Waals surface area contributed by atoms with E-state index in [1.165, 1.54) is 0 Å². The number of ether oxygens (including phenoxy) is 1. The van der Waals surface area contributed by atoms with Gasteiger partial charge in [0.2, 0.25) is 5.91 Å². The summed E-state index contributed by atoms with van der Waals surface area (Å²) in [6.07, 6.45) is -0.0281. The molecule has 0 saturated carbocycles. The molecule has 1 rings (SSSR count). The Morgan fingerprint density at radius 3 is 2.40 bits per heavy atom. The molecule has 0 bridgehead atoms. The fraction of sp³-hybridized carbons (Fsp3) is 0.556. The molecule has 0 aromatic heterocycles. The number of para-hydroxylation sites is 1. The summed E-state index contributed by atoms with van der Waals surface area (Å²) >= 11 is 0. The van der Waals surface area contributed by atoms with Gasteiger partial charge in [-0.25, -0.2) is 4.99 Å². The van der Waals surface area contributed by atoms with Crippen LogP contribution in [0.4, 0.5) is 0 Å². The second-order valence-corrected chi connectivity index (χ2v) is 6.62. The molecule has 1 atom stereocenters. The third kappa shape index (κ3) is 11.6. The van der Waals surface area contributed by atoms with E-state index in [2.05, 4.69) is 20.9 Å². The highest BCUT2D eigenvalue weighted by Gasteiger charge is 2.13. The van der Waals surface area contributed by atoms with Crippen LogP contribution in [0.1, 0.15) is 34.6 Å². The molecule has 0 radical (unpaired) electrons. The number of hydrogen-bond donors (Lipinski definition) is 3. The second-order valence-electron chi connectivity index (χ2n) is 6.62. The number of amides is 1. The van der Waals surface area contributed by atoms with E-state index >= 15 is 0 Å². The van der Waals surface area contributed by atoms with Crippen molar-refractivity contribution in [1.29, 1.82) is 0 Å². The summed E-state index contributed by atoms with van der Waals surface area (Å²) in [6.45, 7) is 11.2. The molecule has 0 aliphatic heterocycles. The van der Waals surface area contributed by atoms with Crippen LogP contribution < -0.4 is 20.7 Å². The summed E-state index contributed by atoms with van der Waals surface area (Å²) < 4.78 is 5.81. The van der Waals surface area contributed by atoms with E-state index in [-0.39, 0.29) is 48.1 Å². The fourth-order valence-electron chi connectivity index (χ4n) is 1.96. The molecule has 0 saturated heterocycles. The molecule has 1 amide bonds. The Kier molecular flexibility index (Phi) is 11.2. The number of hydrogen-bond acceptors (Lipinski definition) is 3. The van der Waals surface area contributed by atoms with Gasteiger partial charge in [0.1, 0.15) is 18.4 Å². The van der Waals surface area contributed by atoms with Gasteiger partial charge in [0, 0.05) is 12.1 Å². The topological polar surface area (TPSA) is 74.8 Å². The Morgan fingerprint density at radius 2 is 1.84 bits per heavy atom. The largest absolute Gasteiger partial charge is 0.489 e. The number of guanidine groups is 1. The quantitative estimate of drug-likeness (QED) is 0.331. The number of carbonyl (C=O) groups is 1.